The number of fused-ring (bicyclic) bond motifs is 1. The SMILES string of the molecule is CCc1ccc2oc(-c3cccc(NC(=O)c4ccc(C)cc4C)c3)nc2c1. The van der Waals surface area contributed by atoms with Crippen LogP contribution in [0.15, 0.2) is 65.1 Å². The predicted molar refractivity (Wildman–Crippen MR) is 113 cm³/mol. The van der Waals surface area contributed by atoms with Crippen LogP contribution in [-0.4, -0.2) is 10.9 Å². The molecule has 1 aromatic heterocycles. The highest BCUT2D eigenvalue weighted by Crippen LogP contribution is 2.27. The van der Waals surface area contributed by atoms with Crippen LogP contribution in [0.4, 0.5) is 5.69 Å². The summed E-state index contributed by atoms with van der Waals surface area (Å²) in [5.41, 5.74) is 7.13. The van der Waals surface area contributed by atoms with Crippen LogP contribution in [0, 0.1) is 13.8 Å². The van der Waals surface area contributed by atoms with E-state index in [9.17, 15) is 4.79 Å². The lowest BCUT2D eigenvalue weighted by Crippen LogP contribution is -2.13. The van der Waals surface area contributed by atoms with Gasteiger partial charge in [-0.05, 0) is 67.8 Å². The van der Waals surface area contributed by atoms with Gasteiger partial charge in [-0.2, -0.15) is 0 Å². The number of anilines is 1. The van der Waals surface area contributed by atoms with Crippen molar-refractivity contribution in [3.8, 4) is 11.5 Å². The van der Waals surface area contributed by atoms with Gasteiger partial charge in [0.1, 0.15) is 5.52 Å². The minimum Gasteiger partial charge on any atom is -0.436 e. The molecule has 0 fully saturated rings. The zero-order valence-corrected chi connectivity index (χ0v) is 16.2. The van der Waals surface area contributed by atoms with Crippen molar-refractivity contribution in [2.75, 3.05) is 5.32 Å². The number of benzene rings is 3. The molecule has 0 radical (unpaired) electrons. The number of amides is 1. The number of carbonyl (C=O) groups excluding carboxylic acids is 1. The normalized spacial score (nSPS) is 11.0. The third-order valence-electron chi connectivity index (χ3n) is 4.85. The maximum absolute atomic E-state index is 12.7. The minimum absolute atomic E-state index is 0.125. The van der Waals surface area contributed by atoms with Gasteiger partial charge >= 0.3 is 0 Å². The number of aromatic nitrogens is 1. The van der Waals surface area contributed by atoms with Crippen LogP contribution in [0.2, 0.25) is 0 Å². The fourth-order valence-electron chi connectivity index (χ4n) is 3.31. The Labute approximate surface area is 164 Å². The highest BCUT2D eigenvalue weighted by molar-refractivity contribution is 6.05. The summed E-state index contributed by atoms with van der Waals surface area (Å²) < 4.78 is 5.91. The summed E-state index contributed by atoms with van der Waals surface area (Å²) in [5.74, 6) is 0.422. The van der Waals surface area contributed by atoms with E-state index in [1.165, 1.54) is 5.56 Å². The summed E-state index contributed by atoms with van der Waals surface area (Å²) in [4.78, 5) is 17.3. The first-order valence-corrected chi connectivity index (χ1v) is 9.42. The van der Waals surface area contributed by atoms with Crippen LogP contribution in [0.5, 0.6) is 0 Å². The molecule has 4 heteroatoms. The molecule has 4 aromatic rings. The third kappa shape index (κ3) is 3.54. The maximum Gasteiger partial charge on any atom is 0.255 e. The molecule has 0 unspecified atom stereocenters. The summed E-state index contributed by atoms with van der Waals surface area (Å²) in [5, 5.41) is 2.97. The first kappa shape index (κ1) is 18.0. The van der Waals surface area contributed by atoms with Crippen molar-refractivity contribution < 1.29 is 9.21 Å². The standard InChI is InChI=1S/C24H22N2O2/c1-4-17-9-11-22-21(13-17)26-24(28-22)18-6-5-7-19(14-18)25-23(27)20-10-8-15(2)12-16(20)3/h5-14H,4H2,1-3H3,(H,25,27). The molecule has 0 saturated heterocycles. The van der Waals surface area contributed by atoms with E-state index in [2.05, 4.69) is 23.3 Å². The molecule has 1 N–H and O–H groups in total. The summed E-state index contributed by atoms with van der Waals surface area (Å²) in [6.07, 6.45) is 0.956. The van der Waals surface area contributed by atoms with E-state index in [-0.39, 0.29) is 5.91 Å². The molecule has 3 aromatic carbocycles. The molecule has 4 nitrogen and oxygen atoms in total. The number of oxazole rings is 1. The van der Waals surface area contributed by atoms with Gasteiger partial charge in [0.2, 0.25) is 5.89 Å². The largest absolute Gasteiger partial charge is 0.436 e. The summed E-state index contributed by atoms with van der Waals surface area (Å²) in [7, 11) is 0. The Kier molecular flexibility index (Phi) is 4.70. The lowest BCUT2D eigenvalue weighted by Gasteiger charge is -2.09. The zero-order chi connectivity index (χ0) is 19.7. The number of nitrogens with one attached hydrogen (secondary N) is 1. The molecule has 0 bridgehead atoms. The van der Waals surface area contributed by atoms with E-state index in [0.717, 1.165) is 34.2 Å². The van der Waals surface area contributed by atoms with Crippen molar-refractivity contribution in [3.63, 3.8) is 0 Å². The Morgan fingerprint density at radius 2 is 1.89 bits per heavy atom. The Bertz CT molecular complexity index is 1170. The highest BCUT2D eigenvalue weighted by Gasteiger charge is 2.12. The fraction of sp³-hybridized carbons (Fsp3) is 0.167. The second-order valence-corrected chi connectivity index (χ2v) is 7.03. The van der Waals surface area contributed by atoms with Gasteiger partial charge in [0.25, 0.3) is 5.91 Å². The van der Waals surface area contributed by atoms with Crippen molar-refractivity contribution in [2.45, 2.75) is 27.2 Å². The molecule has 0 aliphatic heterocycles. The number of nitrogens with zero attached hydrogens (tertiary/aromatic N) is 1. The van der Waals surface area contributed by atoms with Gasteiger partial charge in [-0.15, -0.1) is 0 Å². The molecule has 0 aliphatic rings. The summed E-state index contributed by atoms with van der Waals surface area (Å²) in [6.45, 7) is 6.08. The highest BCUT2D eigenvalue weighted by atomic mass is 16.3. The van der Waals surface area contributed by atoms with E-state index in [1.54, 1.807) is 0 Å². The molecule has 1 amide bonds. The first-order valence-electron chi connectivity index (χ1n) is 9.42. The van der Waals surface area contributed by atoms with Gasteiger partial charge in [-0.3, -0.25) is 4.79 Å². The minimum atomic E-state index is -0.125. The molecular formula is C24H22N2O2. The van der Waals surface area contributed by atoms with Crippen molar-refractivity contribution in [1.82, 2.24) is 4.98 Å². The average molecular weight is 370 g/mol. The average Bonchev–Trinajstić information content (AvgIpc) is 3.11. The van der Waals surface area contributed by atoms with Crippen LogP contribution in [0.1, 0.15) is 34.0 Å². The van der Waals surface area contributed by atoms with Gasteiger partial charge in [0.15, 0.2) is 5.58 Å². The summed E-state index contributed by atoms with van der Waals surface area (Å²) in [6, 6.07) is 19.4. The summed E-state index contributed by atoms with van der Waals surface area (Å²) >= 11 is 0. The Balaban J connectivity index is 1.61. The van der Waals surface area contributed by atoms with E-state index in [4.69, 9.17) is 4.42 Å². The van der Waals surface area contributed by atoms with Gasteiger partial charge in [-0.25, -0.2) is 4.98 Å². The lowest BCUT2D eigenvalue weighted by molar-refractivity contribution is 0.102. The topological polar surface area (TPSA) is 55.1 Å². The quantitative estimate of drug-likeness (QED) is 0.485. The zero-order valence-electron chi connectivity index (χ0n) is 16.2. The Hall–Kier alpha value is -3.40. The van der Waals surface area contributed by atoms with Crippen LogP contribution >= 0.6 is 0 Å². The fourth-order valence-corrected chi connectivity index (χ4v) is 3.31. The van der Waals surface area contributed by atoms with Crippen molar-refractivity contribution >= 4 is 22.7 Å². The monoisotopic (exact) mass is 370 g/mol. The smallest absolute Gasteiger partial charge is 0.255 e. The van der Waals surface area contributed by atoms with E-state index in [0.29, 0.717) is 17.1 Å². The van der Waals surface area contributed by atoms with Gasteiger partial charge in [-0.1, -0.05) is 36.8 Å². The molecule has 0 spiro atoms. The van der Waals surface area contributed by atoms with Crippen molar-refractivity contribution in [2.24, 2.45) is 0 Å². The molecule has 0 aliphatic carbocycles. The molecule has 140 valence electrons. The lowest BCUT2D eigenvalue weighted by atomic mass is 10.1. The second kappa shape index (κ2) is 7.31. The van der Waals surface area contributed by atoms with Crippen LogP contribution < -0.4 is 5.32 Å². The second-order valence-electron chi connectivity index (χ2n) is 7.03. The van der Waals surface area contributed by atoms with E-state index >= 15 is 0 Å². The van der Waals surface area contributed by atoms with E-state index in [1.807, 2.05) is 68.4 Å². The van der Waals surface area contributed by atoms with Crippen LogP contribution in [0.25, 0.3) is 22.6 Å². The van der Waals surface area contributed by atoms with E-state index < -0.39 is 0 Å². The number of aryl methyl sites for hydroxylation is 3. The molecule has 0 atom stereocenters. The van der Waals surface area contributed by atoms with Crippen molar-refractivity contribution in [3.05, 3.63) is 82.9 Å². The van der Waals surface area contributed by atoms with Gasteiger partial charge in [0.05, 0.1) is 0 Å². The molecule has 4 rings (SSSR count). The van der Waals surface area contributed by atoms with Gasteiger partial charge < -0.3 is 9.73 Å². The van der Waals surface area contributed by atoms with Crippen LogP contribution in [0.3, 0.4) is 0 Å². The molecule has 1 heterocycles. The Morgan fingerprint density at radius 3 is 2.68 bits per heavy atom. The number of carbonyl (C=O) groups is 1. The molecule has 0 saturated carbocycles. The Morgan fingerprint density at radius 1 is 1.04 bits per heavy atom. The van der Waals surface area contributed by atoms with Gasteiger partial charge in [0, 0.05) is 16.8 Å². The maximum atomic E-state index is 12.7. The third-order valence-corrected chi connectivity index (χ3v) is 4.85. The van der Waals surface area contributed by atoms with Crippen LogP contribution in [-0.2, 0) is 6.42 Å². The van der Waals surface area contributed by atoms with Crippen molar-refractivity contribution in [1.29, 1.82) is 0 Å². The number of rotatable bonds is 4. The first-order chi connectivity index (χ1) is 13.5. The number of hydrogen-bond donors (Lipinski definition) is 1. The molecular weight excluding hydrogens is 348 g/mol. The predicted octanol–water partition coefficient (Wildman–Crippen LogP) is 5.93. The number of hydrogen-bond acceptors (Lipinski definition) is 3. The molecule has 28 heavy (non-hydrogen) atoms.